The average molecular weight is 646 g/mol. The van der Waals surface area contributed by atoms with Gasteiger partial charge in [0.1, 0.15) is 8.07 Å². The Morgan fingerprint density at radius 3 is 1.38 bits per heavy atom. The van der Waals surface area contributed by atoms with Gasteiger partial charge in [-0.05, 0) is 52.4 Å². The van der Waals surface area contributed by atoms with E-state index in [0.29, 0.717) is 0 Å². The van der Waals surface area contributed by atoms with Gasteiger partial charge in [-0.25, -0.2) is 5.57 Å². The smallest absolute Gasteiger partial charge is 1.00 e. The summed E-state index contributed by atoms with van der Waals surface area (Å²) in [6.07, 6.45) is 11.3. The van der Waals surface area contributed by atoms with Gasteiger partial charge in [0.25, 0.3) is 0 Å². The van der Waals surface area contributed by atoms with Gasteiger partial charge in [-0.3, -0.25) is 6.08 Å². The summed E-state index contributed by atoms with van der Waals surface area (Å²) in [4.78, 5) is 0. The first-order valence-electron chi connectivity index (χ1n) is 13.9. The molecule has 0 radical (unpaired) electrons. The quantitative estimate of drug-likeness (QED) is 0.146. The average Bonchev–Trinajstić information content (AvgIpc) is 3.11. The fourth-order valence-electron chi connectivity index (χ4n) is 6.25. The summed E-state index contributed by atoms with van der Waals surface area (Å²) >= 11 is 0. The van der Waals surface area contributed by atoms with Gasteiger partial charge in [0.2, 0.25) is 0 Å². The van der Waals surface area contributed by atoms with Crippen LogP contribution in [0, 0.1) is 6.08 Å². The maximum Gasteiger partial charge on any atom is 4.00 e. The van der Waals surface area contributed by atoms with Crippen LogP contribution in [0.2, 0.25) is 5.04 Å². The Labute approximate surface area is 278 Å². The van der Waals surface area contributed by atoms with E-state index in [1.54, 1.807) is 0 Å². The minimum absolute atomic E-state index is 0. The first kappa shape index (κ1) is 38.9. The number of rotatable bonds is 10. The summed E-state index contributed by atoms with van der Waals surface area (Å²) in [5.74, 6) is 0. The third kappa shape index (κ3) is 7.28. The largest absolute Gasteiger partial charge is 4.00 e. The van der Waals surface area contributed by atoms with Gasteiger partial charge in [0.15, 0.2) is 0 Å². The Morgan fingerprint density at radius 1 is 0.625 bits per heavy atom. The van der Waals surface area contributed by atoms with Crippen molar-refractivity contribution in [2.75, 3.05) is 0 Å². The Hall–Kier alpha value is -1.06. The molecule has 0 N–H and O–H groups in total. The number of aryl methyl sites for hydroxylation is 2. The van der Waals surface area contributed by atoms with Crippen LogP contribution < -0.4 is 52.8 Å². The molecule has 4 rings (SSSR count). The Morgan fingerprint density at radius 2 is 1.02 bits per heavy atom. The molecule has 0 amide bonds. The van der Waals surface area contributed by atoms with E-state index in [4.69, 9.17) is 0 Å². The van der Waals surface area contributed by atoms with Crippen LogP contribution in [0.4, 0.5) is 0 Å². The molecule has 5 heteroatoms. The normalized spacial score (nSPS) is 16.2. The first-order valence-corrected chi connectivity index (χ1v) is 15.9. The second kappa shape index (κ2) is 17.2. The van der Waals surface area contributed by atoms with Crippen molar-refractivity contribution in [3.8, 4) is 0 Å². The zero-order valence-corrected chi connectivity index (χ0v) is 29.7. The standard InChI is InChI=1S/C35H43Si.3ClH.Ti/c1-7-9-14-30-18-22-33(23-19-30)36(32-16-12-11-13-17-32,35(6)26-27(3)28(4)29(35)5)34-24-20-31(21-25-34)15-10-8-2;;;;/h11-13,16-25H,7-10,14-15H2,1-6H3;3*1H;/q-1;;;;+4/p-3. The summed E-state index contributed by atoms with van der Waals surface area (Å²) < 4.78 is 0. The fraction of sp³-hybridized carbons (Fsp3) is 0.371. The number of hydrogen-bond donors (Lipinski definition) is 0. The van der Waals surface area contributed by atoms with E-state index in [-0.39, 0.29) is 64.0 Å². The molecule has 1 aliphatic rings. The van der Waals surface area contributed by atoms with E-state index in [9.17, 15) is 0 Å². The molecule has 40 heavy (non-hydrogen) atoms. The molecule has 212 valence electrons. The van der Waals surface area contributed by atoms with Gasteiger partial charge < -0.3 is 37.2 Å². The van der Waals surface area contributed by atoms with Crippen molar-refractivity contribution < 1.29 is 58.9 Å². The van der Waals surface area contributed by atoms with E-state index < -0.39 is 8.07 Å². The molecule has 0 aliphatic heterocycles. The molecule has 1 aliphatic carbocycles. The third-order valence-electron chi connectivity index (χ3n) is 8.68. The van der Waals surface area contributed by atoms with E-state index in [1.165, 1.54) is 69.1 Å². The minimum Gasteiger partial charge on any atom is -1.00 e. The van der Waals surface area contributed by atoms with Gasteiger partial charge in [-0.1, -0.05) is 131 Å². The Bertz CT molecular complexity index is 1180. The molecule has 0 aromatic heterocycles. The molecule has 0 saturated heterocycles. The summed E-state index contributed by atoms with van der Waals surface area (Å²) in [6, 6.07) is 30.8. The first-order chi connectivity index (χ1) is 17.4. The maximum atomic E-state index is 4.07. The fourth-order valence-corrected chi connectivity index (χ4v) is 12.1. The second-order valence-corrected chi connectivity index (χ2v) is 15.1. The molecular weight excluding hydrogens is 603 g/mol. The van der Waals surface area contributed by atoms with Gasteiger partial charge in [0, 0.05) is 0 Å². The van der Waals surface area contributed by atoms with Crippen LogP contribution in [0.15, 0.2) is 95.6 Å². The van der Waals surface area contributed by atoms with Gasteiger partial charge in [-0.15, -0.1) is 6.92 Å². The molecule has 1 atom stereocenters. The van der Waals surface area contributed by atoms with Crippen molar-refractivity contribution in [3.05, 3.63) is 113 Å². The number of unbranched alkanes of at least 4 members (excludes halogenated alkanes) is 2. The Balaban J connectivity index is 0.00000380. The monoisotopic (exact) mass is 644 g/mol. The predicted molar refractivity (Wildman–Crippen MR) is 160 cm³/mol. The molecule has 0 spiro atoms. The van der Waals surface area contributed by atoms with Gasteiger partial charge in [-0.2, -0.15) is 11.1 Å². The van der Waals surface area contributed by atoms with Crippen LogP contribution in [-0.4, -0.2) is 8.07 Å². The molecule has 3 aromatic rings. The predicted octanol–water partition coefficient (Wildman–Crippen LogP) is -1.29. The molecule has 0 saturated carbocycles. The summed E-state index contributed by atoms with van der Waals surface area (Å²) in [5.41, 5.74) is 7.08. The summed E-state index contributed by atoms with van der Waals surface area (Å²) in [6.45, 7) is 13.9. The van der Waals surface area contributed by atoms with Crippen molar-refractivity contribution in [2.24, 2.45) is 0 Å². The molecule has 0 nitrogen and oxygen atoms in total. The molecule has 1 unspecified atom stereocenters. The molecule has 3 aromatic carbocycles. The maximum absolute atomic E-state index is 4.07. The third-order valence-corrected chi connectivity index (χ3v) is 14.3. The van der Waals surface area contributed by atoms with Crippen LogP contribution in [0.1, 0.15) is 78.4 Å². The summed E-state index contributed by atoms with van der Waals surface area (Å²) in [7, 11) is -2.56. The van der Waals surface area contributed by atoms with Crippen LogP contribution in [0.25, 0.3) is 0 Å². The van der Waals surface area contributed by atoms with Crippen molar-refractivity contribution >= 4 is 23.6 Å². The molecule has 0 fully saturated rings. The molecular formula is C35H43Cl3SiTi. The molecule has 0 bridgehead atoms. The van der Waals surface area contributed by atoms with Gasteiger partial charge in [0.05, 0.1) is 0 Å². The zero-order chi connectivity index (χ0) is 25.8. The second-order valence-electron chi connectivity index (χ2n) is 10.8. The van der Waals surface area contributed by atoms with Crippen LogP contribution >= 0.6 is 0 Å². The number of allylic oxidation sites excluding steroid dienone is 4. The number of hydrogen-bond acceptors (Lipinski definition) is 0. The van der Waals surface area contributed by atoms with E-state index in [1.807, 2.05) is 0 Å². The van der Waals surface area contributed by atoms with Crippen molar-refractivity contribution in [3.63, 3.8) is 0 Å². The van der Waals surface area contributed by atoms with Crippen molar-refractivity contribution in [1.29, 1.82) is 0 Å². The minimum atomic E-state index is -2.56. The summed E-state index contributed by atoms with van der Waals surface area (Å²) in [5, 5.41) is 4.25. The van der Waals surface area contributed by atoms with E-state index in [0.717, 1.165) is 12.8 Å². The van der Waals surface area contributed by atoms with Gasteiger partial charge >= 0.3 is 21.7 Å². The van der Waals surface area contributed by atoms with Crippen molar-refractivity contribution in [1.82, 2.24) is 0 Å². The van der Waals surface area contributed by atoms with E-state index in [2.05, 4.69) is 126 Å². The van der Waals surface area contributed by atoms with Crippen LogP contribution in [-0.2, 0) is 34.6 Å². The van der Waals surface area contributed by atoms with Crippen molar-refractivity contribution in [2.45, 2.75) is 85.1 Å². The molecule has 0 heterocycles. The van der Waals surface area contributed by atoms with Crippen LogP contribution in [0.5, 0.6) is 0 Å². The topological polar surface area (TPSA) is 0 Å². The zero-order valence-electron chi connectivity index (χ0n) is 24.9. The van der Waals surface area contributed by atoms with E-state index >= 15 is 0 Å². The number of benzene rings is 3. The Kier molecular flexibility index (Phi) is 16.7. The SMILES string of the molecule is CCCCc1ccc([Si](c2ccccc2)(c2ccc(CCCC)cc2)C2(C)[C-]=C(C)C(C)=C2C)cc1.[Cl-].[Cl-].[Cl-].[Ti+4]. The van der Waals surface area contributed by atoms with Crippen LogP contribution in [0.3, 0.4) is 0 Å². The number of halogens is 3.